The van der Waals surface area contributed by atoms with Crippen molar-refractivity contribution in [2.75, 3.05) is 5.32 Å². The second-order valence-corrected chi connectivity index (χ2v) is 4.11. The molecule has 5 heteroatoms. The molecule has 0 fully saturated rings. The average Bonchev–Trinajstić information content (AvgIpc) is 2.46. The first-order valence-electron chi connectivity index (χ1n) is 6.02. The second kappa shape index (κ2) is 6.51. The average molecular weight is 255 g/mol. The number of aryl methyl sites for hydroxylation is 1. The van der Waals surface area contributed by atoms with Crippen LogP contribution in [-0.2, 0) is 6.54 Å². The van der Waals surface area contributed by atoms with Gasteiger partial charge in [-0.15, -0.1) is 0 Å². The largest absolute Gasteiger partial charge is 0.325 e. The van der Waals surface area contributed by atoms with E-state index in [1.807, 2.05) is 55.6 Å². The lowest BCUT2D eigenvalue weighted by Crippen LogP contribution is -2.36. The van der Waals surface area contributed by atoms with Gasteiger partial charge < -0.3 is 5.32 Å². The number of hydrogen-bond donors (Lipinski definition) is 3. The second-order valence-electron chi connectivity index (χ2n) is 4.11. The van der Waals surface area contributed by atoms with Crippen molar-refractivity contribution in [2.45, 2.75) is 13.5 Å². The van der Waals surface area contributed by atoms with Crippen molar-refractivity contribution in [3.8, 4) is 0 Å². The van der Waals surface area contributed by atoms with E-state index >= 15 is 0 Å². The zero-order valence-electron chi connectivity index (χ0n) is 10.8. The number of pyridine rings is 1. The Bertz CT molecular complexity index is 534. The van der Waals surface area contributed by atoms with Gasteiger partial charge >= 0.3 is 0 Å². The smallest absolute Gasteiger partial charge is 0.210 e. The lowest BCUT2D eigenvalue weighted by Gasteiger charge is -2.08. The Balaban J connectivity index is 2.01. The van der Waals surface area contributed by atoms with Crippen molar-refractivity contribution in [3.05, 3.63) is 59.9 Å². The van der Waals surface area contributed by atoms with Crippen LogP contribution in [0.2, 0.25) is 0 Å². The van der Waals surface area contributed by atoms with Crippen molar-refractivity contribution >= 4 is 11.6 Å². The van der Waals surface area contributed by atoms with Crippen molar-refractivity contribution in [1.29, 1.82) is 0 Å². The number of benzene rings is 1. The molecule has 0 radical (unpaired) electrons. The van der Waals surface area contributed by atoms with E-state index < -0.39 is 0 Å². The maximum Gasteiger partial charge on any atom is 0.210 e. The van der Waals surface area contributed by atoms with E-state index in [2.05, 4.69) is 20.7 Å². The summed E-state index contributed by atoms with van der Waals surface area (Å²) in [6.07, 6.45) is 1.81. The van der Waals surface area contributed by atoms with E-state index in [0.29, 0.717) is 12.5 Å². The maximum absolute atomic E-state index is 5.45. The lowest BCUT2D eigenvalue weighted by atomic mass is 10.2. The van der Waals surface area contributed by atoms with Gasteiger partial charge in [-0.05, 0) is 30.7 Å². The van der Waals surface area contributed by atoms with E-state index in [-0.39, 0.29) is 0 Å². The number of aromatic nitrogens is 1. The predicted molar refractivity (Wildman–Crippen MR) is 77.5 cm³/mol. The van der Waals surface area contributed by atoms with Gasteiger partial charge in [0.05, 0.1) is 6.54 Å². The van der Waals surface area contributed by atoms with E-state index in [1.54, 1.807) is 0 Å². The first-order chi connectivity index (χ1) is 9.28. The Morgan fingerprint density at radius 3 is 2.63 bits per heavy atom. The van der Waals surface area contributed by atoms with Crippen LogP contribution >= 0.6 is 0 Å². The van der Waals surface area contributed by atoms with Crippen LogP contribution in [0.3, 0.4) is 0 Å². The van der Waals surface area contributed by atoms with Crippen LogP contribution < -0.4 is 16.6 Å². The quantitative estimate of drug-likeness (QED) is 0.338. The number of nitrogens with one attached hydrogen (secondary N) is 2. The summed E-state index contributed by atoms with van der Waals surface area (Å²) in [5, 5.41) is 3.10. The standard InChI is InChI=1S/C14H17N5/c1-11-7-8-12(9-16-11)10-17-14(19-15)18-13-5-3-2-4-6-13/h2-9H,10,15H2,1H3,(H2,17,18,19). The summed E-state index contributed by atoms with van der Waals surface area (Å²) < 4.78 is 0. The minimum absolute atomic E-state index is 0.520. The molecule has 0 saturated carbocycles. The molecule has 0 unspecified atom stereocenters. The van der Waals surface area contributed by atoms with Crippen molar-refractivity contribution in [3.63, 3.8) is 0 Å². The molecule has 2 rings (SSSR count). The molecule has 0 aliphatic heterocycles. The van der Waals surface area contributed by atoms with Crippen molar-refractivity contribution in [1.82, 2.24) is 10.4 Å². The molecule has 19 heavy (non-hydrogen) atoms. The van der Waals surface area contributed by atoms with Crippen LogP contribution in [0.1, 0.15) is 11.3 Å². The third-order valence-electron chi connectivity index (χ3n) is 2.57. The molecule has 98 valence electrons. The number of hydrazine groups is 1. The summed E-state index contributed by atoms with van der Waals surface area (Å²) in [4.78, 5) is 8.59. The first-order valence-corrected chi connectivity index (χ1v) is 6.02. The fraction of sp³-hybridized carbons (Fsp3) is 0.143. The molecular formula is C14H17N5. The van der Waals surface area contributed by atoms with Gasteiger partial charge in [0.2, 0.25) is 5.96 Å². The lowest BCUT2D eigenvalue weighted by molar-refractivity contribution is 0.960. The Morgan fingerprint density at radius 2 is 2.00 bits per heavy atom. The molecule has 2 aromatic rings. The summed E-state index contributed by atoms with van der Waals surface area (Å²) in [6, 6.07) is 13.7. The zero-order chi connectivity index (χ0) is 13.5. The zero-order valence-corrected chi connectivity index (χ0v) is 10.8. The van der Waals surface area contributed by atoms with Gasteiger partial charge in [-0.25, -0.2) is 10.8 Å². The molecule has 4 N–H and O–H groups in total. The van der Waals surface area contributed by atoms with Gasteiger partial charge in [-0.1, -0.05) is 24.3 Å². The van der Waals surface area contributed by atoms with E-state index in [9.17, 15) is 0 Å². The van der Waals surface area contributed by atoms with Crippen LogP contribution in [0.4, 0.5) is 5.69 Å². The molecule has 0 saturated heterocycles. The van der Waals surface area contributed by atoms with Crippen LogP contribution in [0, 0.1) is 6.92 Å². The maximum atomic E-state index is 5.45. The highest BCUT2D eigenvalue weighted by molar-refractivity contribution is 5.93. The molecule has 0 amide bonds. The summed E-state index contributed by atoms with van der Waals surface area (Å²) in [5.74, 6) is 5.97. The third-order valence-corrected chi connectivity index (χ3v) is 2.57. The van der Waals surface area contributed by atoms with Crippen LogP contribution in [0.15, 0.2) is 53.7 Å². The first kappa shape index (κ1) is 13.0. The molecular weight excluding hydrogens is 238 g/mol. The van der Waals surface area contributed by atoms with Crippen molar-refractivity contribution < 1.29 is 0 Å². The van der Waals surface area contributed by atoms with Crippen LogP contribution in [0.25, 0.3) is 0 Å². The molecule has 1 aromatic heterocycles. The molecule has 0 spiro atoms. The van der Waals surface area contributed by atoms with Gasteiger partial charge in [0.1, 0.15) is 0 Å². The van der Waals surface area contributed by atoms with E-state index in [1.165, 1.54) is 0 Å². The van der Waals surface area contributed by atoms with Crippen molar-refractivity contribution in [2.24, 2.45) is 10.8 Å². The summed E-state index contributed by atoms with van der Waals surface area (Å²) in [5.41, 5.74) is 5.51. The number of nitrogens with two attached hydrogens (primary N) is 1. The normalized spacial score (nSPS) is 11.2. The van der Waals surface area contributed by atoms with E-state index in [4.69, 9.17) is 5.84 Å². The Morgan fingerprint density at radius 1 is 1.21 bits per heavy atom. The number of aliphatic imine (C=N–C) groups is 1. The number of anilines is 1. The highest BCUT2D eigenvalue weighted by Crippen LogP contribution is 2.05. The topological polar surface area (TPSA) is 75.3 Å². The summed E-state index contributed by atoms with van der Waals surface area (Å²) >= 11 is 0. The Labute approximate surface area is 112 Å². The highest BCUT2D eigenvalue weighted by atomic mass is 15.3. The molecule has 0 bridgehead atoms. The van der Waals surface area contributed by atoms with Gasteiger partial charge in [-0.3, -0.25) is 10.4 Å². The highest BCUT2D eigenvalue weighted by Gasteiger charge is 1.98. The van der Waals surface area contributed by atoms with Gasteiger partial charge in [0.15, 0.2) is 0 Å². The number of nitrogens with zero attached hydrogens (tertiary/aromatic N) is 2. The monoisotopic (exact) mass is 255 g/mol. The fourth-order valence-corrected chi connectivity index (χ4v) is 1.54. The molecule has 0 aliphatic rings. The number of rotatable bonds is 3. The predicted octanol–water partition coefficient (Wildman–Crippen LogP) is 1.82. The third kappa shape index (κ3) is 4.08. The van der Waals surface area contributed by atoms with Crippen LogP contribution in [-0.4, -0.2) is 10.9 Å². The van der Waals surface area contributed by atoms with E-state index in [0.717, 1.165) is 16.9 Å². The molecule has 5 nitrogen and oxygen atoms in total. The van der Waals surface area contributed by atoms with Gasteiger partial charge in [-0.2, -0.15) is 0 Å². The summed E-state index contributed by atoms with van der Waals surface area (Å²) in [7, 11) is 0. The van der Waals surface area contributed by atoms with Gasteiger partial charge in [0, 0.05) is 17.6 Å². The number of hydrogen-bond acceptors (Lipinski definition) is 3. The molecule has 1 aromatic carbocycles. The minimum Gasteiger partial charge on any atom is -0.325 e. The molecule has 0 atom stereocenters. The minimum atomic E-state index is 0.520. The van der Waals surface area contributed by atoms with Gasteiger partial charge in [0.25, 0.3) is 0 Å². The SMILES string of the molecule is Cc1ccc(CN=C(NN)Nc2ccccc2)cn1. The number of guanidine groups is 1. The fourth-order valence-electron chi connectivity index (χ4n) is 1.54. The number of para-hydroxylation sites is 1. The molecule has 1 heterocycles. The Hall–Kier alpha value is -2.40. The Kier molecular flexibility index (Phi) is 4.47. The van der Waals surface area contributed by atoms with Crippen LogP contribution in [0.5, 0.6) is 0 Å². The summed E-state index contributed by atoms with van der Waals surface area (Å²) in [6.45, 7) is 2.48. The molecule has 0 aliphatic carbocycles.